The van der Waals surface area contributed by atoms with E-state index < -0.39 is 5.97 Å². The molecule has 0 unspecified atom stereocenters. The topological polar surface area (TPSA) is 75.8 Å². The van der Waals surface area contributed by atoms with Crippen LogP contribution in [0, 0.1) is 0 Å². The first-order chi connectivity index (χ1) is 10.3. The summed E-state index contributed by atoms with van der Waals surface area (Å²) in [4.78, 5) is 13.0. The van der Waals surface area contributed by atoms with E-state index in [9.17, 15) is 4.79 Å². The molecule has 1 aromatic carbocycles. The number of methoxy groups -OCH3 is 1. The molecule has 0 saturated heterocycles. The monoisotopic (exact) mass is 304 g/mol. The number of nitrogens with two attached hydrogens (primary N) is 1. The third kappa shape index (κ3) is 3.03. The van der Waals surface area contributed by atoms with Gasteiger partial charge in [-0.15, -0.1) is 0 Å². The number of hydrogen-bond donors (Lipinski definition) is 2. The lowest BCUT2D eigenvalue weighted by atomic mass is 9.88. The Labute approximate surface area is 131 Å². The molecule has 0 aromatic heterocycles. The van der Waals surface area contributed by atoms with Gasteiger partial charge in [0.05, 0.1) is 18.3 Å². The Morgan fingerprint density at radius 2 is 2.09 bits per heavy atom. The van der Waals surface area contributed by atoms with Crippen molar-refractivity contribution < 1.29 is 14.6 Å². The zero-order valence-corrected chi connectivity index (χ0v) is 13.6. The number of allylic oxidation sites excluding steroid dienone is 1. The predicted octanol–water partition coefficient (Wildman–Crippen LogP) is 3.14. The van der Waals surface area contributed by atoms with Crippen molar-refractivity contribution in [3.05, 3.63) is 23.8 Å². The fraction of sp³-hybridized carbons (Fsp3) is 0.471. The van der Waals surface area contributed by atoms with E-state index in [1.54, 1.807) is 7.11 Å². The Morgan fingerprint density at radius 3 is 2.68 bits per heavy atom. The molecule has 5 nitrogen and oxygen atoms in total. The molecule has 0 radical (unpaired) electrons. The van der Waals surface area contributed by atoms with Crippen LogP contribution in [-0.2, 0) is 4.79 Å². The van der Waals surface area contributed by atoms with E-state index in [0.29, 0.717) is 24.4 Å². The number of rotatable bonds is 5. The molecule has 0 spiro atoms. The van der Waals surface area contributed by atoms with Gasteiger partial charge in [0, 0.05) is 30.3 Å². The average molecular weight is 304 g/mol. The van der Waals surface area contributed by atoms with Gasteiger partial charge in [-0.3, -0.25) is 4.79 Å². The van der Waals surface area contributed by atoms with Gasteiger partial charge < -0.3 is 20.5 Å². The van der Waals surface area contributed by atoms with Crippen LogP contribution < -0.4 is 15.4 Å². The molecule has 5 heteroatoms. The molecule has 2 rings (SSSR count). The summed E-state index contributed by atoms with van der Waals surface area (Å²) in [5.74, 6) is -0.121. The number of nitrogens with zero attached hydrogens (tertiary/aromatic N) is 1. The van der Waals surface area contributed by atoms with Crippen molar-refractivity contribution in [3.8, 4) is 5.75 Å². The first-order valence-electron chi connectivity index (χ1n) is 7.43. The van der Waals surface area contributed by atoms with Crippen molar-refractivity contribution in [1.82, 2.24) is 0 Å². The zero-order valence-electron chi connectivity index (χ0n) is 13.6. The minimum atomic E-state index is -0.767. The quantitative estimate of drug-likeness (QED) is 0.817. The summed E-state index contributed by atoms with van der Waals surface area (Å²) in [6, 6.07) is 3.88. The van der Waals surface area contributed by atoms with Gasteiger partial charge in [-0.1, -0.05) is 6.08 Å². The molecule has 22 heavy (non-hydrogen) atoms. The molecule has 1 heterocycles. The first-order valence-corrected chi connectivity index (χ1v) is 7.43. The second-order valence-corrected chi connectivity index (χ2v) is 6.24. The molecule has 1 aliphatic rings. The molecule has 1 aromatic rings. The van der Waals surface area contributed by atoms with Crippen LogP contribution in [0.3, 0.4) is 0 Å². The van der Waals surface area contributed by atoms with Gasteiger partial charge in [-0.05, 0) is 38.8 Å². The maximum Gasteiger partial charge on any atom is 0.303 e. The van der Waals surface area contributed by atoms with Crippen molar-refractivity contribution in [1.29, 1.82) is 0 Å². The number of fused-ring (bicyclic) bond motifs is 1. The Hall–Kier alpha value is -2.17. The summed E-state index contributed by atoms with van der Waals surface area (Å²) in [7, 11) is 1.60. The molecule has 0 atom stereocenters. The number of benzene rings is 1. The highest BCUT2D eigenvalue weighted by Crippen LogP contribution is 2.42. The Balaban J connectivity index is 2.43. The van der Waals surface area contributed by atoms with Crippen molar-refractivity contribution in [2.45, 2.75) is 39.2 Å². The molecule has 120 valence electrons. The Morgan fingerprint density at radius 1 is 1.41 bits per heavy atom. The third-order valence-corrected chi connectivity index (χ3v) is 4.10. The minimum Gasteiger partial charge on any atom is -0.495 e. The number of aliphatic carboxylic acids is 1. The molecule has 0 aliphatic carbocycles. The number of nitrogen functional groups attached to an aromatic ring is 1. The van der Waals surface area contributed by atoms with Crippen molar-refractivity contribution >= 4 is 22.9 Å². The van der Waals surface area contributed by atoms with E-state index in [4.69, 9.17) is 15.6 Å². The van der Waals surface area contributed by atoms with Gasteiger partial charge in [0.25, 0.3) is 0 Å². The van der Waals surface area contributed by atoms with Gasteiger partial charge in [-0.25, -0.2) is 0 Å². The van der Waals surface area contributed by atoms with Crippen LogP contribution in [0.15, 0.2) is 18.2 Å². The number of carboxylic acids is 1. The molecule has 3 N–H and O–H groups in total. The van der Waals surface area contributed by atoms with Crippen LogP contribution in [0.5, 0.6) is 5.75 Å². The lowest BCUT2D eigenvalue weighted by molar-refractivity contribution is -0.137. The Bertz CT molecular complexity index is 621. The summed E-state index contributed by atoms with van der Waals surface area (Å²) >= 11 is 0. The first kappa shape index (κ1) is 16.2. The molecule has 1 aliphatic heterocycles. The lowest BCUT2D eigenvalue weighted by Gasteiger charge is -2.43. The van der Waals surface area contributed by atoms with Gasteiger partial charge in [0.2, 0.25) is 0 Å². The second kappa shape index (κ2) is 5.91. The summed E-state index contributed by atoms with van der Waals surface area (Å²) in [5.41, 5.74) is 9.74. The van der Waals surface area contributed by atoms with E-state index in [-0.39, 0.29) is 12.0 Å². The normalized spacial score (nSPS) is 16.0. The van der Waals surface area contributed by atoms with Crippen LogP contribution >= 0.6 is 0 Å². The summed E-state index contributed by atoms with van der Waals surface area (Å²) in [5, 5.41) is 8.86. The molecular weight excluding hydrogens is 280 g/mol. The molecule has 0 saturated carbocycles. The second-order valence-electron chi connectivity index (χ2n) is 6.24. The lowest BCUT2D eigenvalue weighted by Crippen LogP contribution is -2.45. The van der Waals surface area contributed by atoms with Gasteiger partial charge >= 0.3 is 5.97 Å². The SMILES string of the molecule is COc1cc2c(cc1N)C(C)=CC(C)(C)N2CCCC(=O)O. The average Bonchev–Trinajstić information content (AvgIpc) is 2.41. The van der Waals surface area contributed by atoms with E-state index in [1.807, 2.05) is 12.1 Å². The molecular formula is C17H24N2O3. The largest absolute Gasteiger partial charge is 0.495 e. The van der Waals surface area contributed by atoms with Crippen LogP contribution in [0.4, 0.5) is 11.4 Å². The highest BCUT2D eigenvalue weighted by Gasteiger charge is 2.31. The third-order valence-electron chi connectivity index (χ3n) is 4.10. The summed E-state index contributed by atoms with van der Waals surface area (Å²) in [6.07, 6.45) is 2.95. The fourth-order valence-corrected chi connectivity index (χ4v) is 3.09. The smallest absolute Gasteiger partial charge is 0.303 e. The van der Waals surface area contributed by atoms with Crippen molar-refractivity contribution in [2.24, 2.45) is 0 Å². The maximum atomic E-state index is 10.8. The van der Waals surface area contributed by atoms with Crippen molar-refractivity contribution in [2.75, 3.05) is 24.3 Å². The van der Waals surface area contributed by atoms with Gasteiger partial charge in [-0.2, -0.15) is 0 Å². The molecule has 0 fully saturated rings. The number of carbonyl (C=O) groups is 1. The number of anilines is 2. The number of carboxylic acid groups (broad SMARTS) is 1. The van der Waals surface area contributed by atoms with Crippen LogP contribution in [0.2, 0.25) is 0 Å². The van der Waals surface area contributed by atoms with Gasteiger partial charge in [0.15, 0.2) is 0 Å². The van der Waals surface area contributed by atoms with Crippen molar-refractivity contribution in [3.63, 3.8) is 0 Å². The van der Waals surface area contributed by atoms with Crippen LogP contribution in [-0.4, -0.2) is 30.3 Å². The highest BCUT2D eigenvalue weighted by molar-refractivity contribution is 5.85. The molecule has 0 bridgehead atoms. The van der Waals surface area contributed by atoms with Gasteiger partial charge in [0.1, 0.15) is 5.75 Å². The summed E-state index contributed by atoms with van der Waals surface area (Å²) in [6.45, 7) is 7.00. The van der Waals surface area contributed by atoms with E-state index in [2.05, 4.69) is 31.7 Å². The minimum absolute atomic E-state index is 0.163. The number of ether oxygens (including phenoxy) is 1. The zero-order chi connectivity index (χ0) is 16.5. The van der Waals surface area contributed by atoms with E-state index in [1.165, 1.54) is 5.57 Å². The van der Waals surface area contributed by atoms with E-state index >= 15 is 0 Å². The van der Waals surface area contributed by atoms with Crippen LogP contribution in [0.25, 0.3) is 5.57 Å². The summed E-state index contributed by atoms with van der Waals surface area (Å²) < 4.78 is 5.34. The highest BCUT2D eigenvalue weighted by atomic mass is 16.5. The predicted molar refractivity (Wildman–Crippen MR) is 89.4 cm³/mol. The molecule has 0 amide bonds. The Kier molecular flexibility index (Phi) is 4.35. The number of hydrogen-bond acceptors (Lipinski definition) is 4. The van der Waals surface area contributed by atoms with Crippen LogP contribution in [0.1, 0.15) is 39.2 Å². The fourth-order valence-electron chi connectivity index (χ4n) is 3.09. The standard InChI is InChI=1S/C17H24N2O3/c1-11-10-17(2,3)19(7-5-6-16(20)21)14-9-15(22-4)13(18)8-12(11)14/h8-10H,5-7,18H2,1-4H3,(H,20,21). The maximum absolute atomic E-state index is 10.8. The van der Waals surface area contributed by atoms with E-state index in [0.717, 1.165) is 11.3 Å².